The molecule has 0 saturated heterocycles. The van der Waals surface area contributed by atoms with Crippen LogP contribution >= 0.6 is 0 Å². The molecule has 3 rings (SSSR count). The van der Waals surface area contributed by atoms with E-state index in [0.29, 0.717) is 11.3 Å². The van der Waals surface area contributed by atoms with Crippen LogP contribution in [0.1, 0.15) is 10.4 Å². The number of carbonyl (C=O) groups excluding carboxylic acids is 1. The van der Waals surface area contributed by atoms with Crippen LogP contribution < -0.4 is 10.0 Å². The SMILES string of the molecule is CNC(=O)c1ccc(S(=O)(=O)Nc2ccc(-c3ccccc3)cc2)cc1. The number of hydrogen-bond donors (Lipinski definition) is 2. The first-order chi connectivity index (χ1) is 12.5. The molecule has 0 aromatic heterocycles. The summed E-state index contributed by atoms with van der Waals surface area (Å²) in [6.07, 6.45) is 0. The van der Waals surface area contributed by atoms with Crippen LogP contribution in [0, 0.1) is 0 Å². The van der Waals surface area contributed by atoms with Gasteiger partial charge in [0.05, 0.1) is 4.90 Å². The molecule has 5 nitrogen and oxygen atoms in total. The molecule has 0 radical (unpaired) electrons. The van der Waals surface area contributed by atoms with Crippen LogP contribution in [0.2, 0.25) is 0 Å². The van der Waals surface area contributed by atoms with Crippen molar-refractivity contribution in [1.82, 2.24) is 5.32 Å². The van der Waals surface area contributed by atoms with Gasteiger partial charge < -0.3 is 5.32 Å². The van der Waals surface area contributed by atoms with E-state index in [0.717, 1.165) is 11.1 Å². The van der Waals surface area contributed by atoms with E-state index >= 15 is 0 Å². The summed E-state index contributed by atoms with van der Waals surface area (Å²) in [4.78, 5) is 11.6. The molecule has 26 heavy (non-hydrogen) atoms. The van der Waals surface area contributed by atoms with Gasteiger partial charge in [-0.15, -0.1) is 0 Å². The molecule has 0 aliphatic rings. The Bertz CT molecular complexity index is 997. The van der Waals surface area contributed by atoms with Crippen LogP contribution in [0.25, 0.3) is 11.1 Å². The second-order valence-electron chi connectivity index (χ2n) is 5.65. The monoisotopic (exact) mass is 366 g/mol. The lowest BCUT2D eigenvalue weighted by Crippen LogP contribution is -2.18. The lowest BCUT2D eigenvalue weighted by Gasteiger charge is -2.09. The van der Waals surface area contributed by atoms with Gasteiger partial charge in [0.25, 0.3) is 15.9 Å². The molecule has 0 unspecified atom stereocenters. The zero-order valence-electron chi connectivity index (χ0n) is 14.1. The van der Waals surface area contributed by atoms with Crippen molar-refractivity contribution < 1.29 is 13.2 Å². The van der Waals surface area contributed by atoms with E-state index in [1.165, 1.54) is 31.3 Å². The molecule has 0 fully saturated rings. The fraction of sp³-hybridized carbons (Fsp3) is 0.0500. The number of anilines is 1. The first-order valence-electron chi connectivity index (χ1n) is 8.00. The molecule has 0 aliphatic heterocycles. The lowest BCUT2D eigenvalue weighted by atomic mass is 10.1. The van der Waals surface area contributed by atoms with Gasteiger partial charge in [0.2, 0.25) is 0 Å². The molecule has 0 atom stereocenters. The van der Waals surface area contributed by atoms with E-state index in [4.69, 9.17) is 0 Å². The molecule has 3 aromatic carbocycles. The van der Waals surface area contributed by atoms with Crippen molar-refractivity contribution >= 4 is 21.6 Å². The van der Waals surface area contributed by atoms with Gasteiger partial charge in [-0.3, -0.25) is 9.52 Å². The molecular formula is C20H18N2O3S. The topological polar surface area (TPSA) is 75.3 Å². The minimum Gasteiger partial charge on any atom is -0.355 e. The number of benzene rings is 3. The summed E-state index contributed by atoms with van der Waals surface area (Å²) in [5.41, 5.74) is 2.94. The maximum atomic E-state index is 12.5. The molecule has 2 N–H and O–H groups in total. The zero-order valence-corrected chi connectivity index (χ0v) is 15.0. The molecule has 0 heterocycles. The van der Waals surface area contributed by atoms with Crippen molar-refractivity contribution in [2.24, 2.45) is 0 Å². The molecule has 0 saturated carbocycles. The second kappa shape index (κ2) is 7.41. The largest absolute Gasteiger partial charge is 0.355 e. The van der Waals surface area contributed by atoms with Gasteiger partial charge >= 0.3 is 0 Å². The summed E-state index contributed by atoms with van der Waals surface area (Å²) in [5, 5.41) is 2.49. The van der Waals surface area contributed by atoms with Crippen LogP contribution in [-0.2, 0) is 10.0 Å². The van der Waals surface area contributed by atoms with Gasteiger partial charge in [-0.1, -0.05) is 42.5 Å². The highest BCUT2D eigenvalue weighted by Crippen LogP contribution is 2.22. The summed E-state index contributed by atoms with van der Waals surface area (Å²) in [6.45, 7) is 0. The maximum absolute atomic E-state index is 12.5. The van der Waals surface area contributed by atoms with Crippen molar-refractivity contribution in [2.75, 3.05) is 11.8 Å². The van der Waals surface area contributed by atoms with Gasteiger partial charge in [-0.2, -0.15) is 0 Å². The van der Waals surface area contributed by atoms with E-state index < -0.39 is 10.0 Å². The normalized spacial score (nSPS) is 11.0. The fourth-order valence-corrected chi connectivity index (χ4v) is 3.56. The number of sulfonamides is 1. The number of nitrogens with one attached hydrogen (secondary N) is 2. The van der Waals surface area contributed by atoms with Crippen LogP contribution in [0.3, 0.4) is 0 Å². The first-order valence-corrected chi connectivity index (χ1v) is 9.48. The predicted octanol–water partition coefficient (Wildman–Crippen LogP) is 3.51. The van der Waals surface area contributed by atoms with Crippen LogP contribution in [0.4, 0.5) is 5.69 Å². The fourth-order valence-electron chi connectivity index (χ4n) is 2.51. The third-order valence-electron chi connectivity index (χ3n) is 3.90. The van der Waals surface area contributed by atoms with Crippen LogP contribution in [0.5, 0.6) is 0 Å². The van der Waals surface area contributed by atoms with Crippen LogP contribution in [-0.4, -0.2) is 21.4 Å². The number of amides is 1. The van der Waals surface area contributed by atoms with E-state index in [9.17, 15) is 13.2 Å². The third kappa shape index (κ3) is 3.92. The Morgan fingerprint density at radius 1 is 0.769 bits per heavy atom. The van der Waals surface area contributed by atoms with Crippen molar-refractivity contribution in [3.63, 3.8) is 0 Å². The molecule has 6 heteroatoms. The summed E-state index contributed by atoms with van der Waals surface area (Å²) in [5.74, 6) is -0.265. The lowest BCUT2D eigenvalue weighted by molar-refractivity contribution is 0.0963. The highest BCUT2D eigenvalue weighted by atomic mass is 32.2. The molecule has 3 aromatic rings. The third-order valence-corrected chi connectivity index (χ3v) is 5.30. The summed E-state index contributed by atoms with van der Waals surface area (Å²) in [6, 6.07) is 22.8. The minimum absolute atomic E-state index is 0.0947. The Hall–Kier alpha value is -3.12. The second-order valence-corrected chi connectivity index (χ2v) is 7.33. The molecule has 1 amide bonds. The minimum atomic E-state index is -3.72. The van der Waals surface area contributed by atoms with Crippen molar-refractivity contribution in [1.29, 1.82) is 0 Å². The van der Waals surface area contributed by atoms with E-state index in [1.54, 1.807) is 12.1 Å². The Morgan fingerprint density at radius 3 is 1.92 bits per heavy atom. The highest BCUT2D eigenvalue weighted by Gasteiger charge is 2.15. The van der Waals surface area contributed by atoms with Gasteiger partial charge in [0.15, 0.2) is 0 Å². The van der Waals surface area contributed by atoms with Crippen molar-refractivity contribution in [3.8, 4) is 11.1 Å². The van der Waals surface area contributed by atoms with E-state index in [-0.39, 0.29) is 10.8 Å². The Labute approximate surface area is 152 Å². The molecule has 132 valence electrons. The average molecular weight is 366 g/mol. The number of hydrogen-bond acceptors (Lipinski definition) is 3. The molecular weight excluding hydrogens is 348 g/mol. The van der Waals surface area contributed by atoms with Gasteiger partial charge in [-0.05, 0) is 47.5 Å². The number of carbonyl (C=O) groups is 1. The summed E-state index contributed by atoms with van der Waals surface area (Å²) < 4.78 is 27.5. The standard InChI is InChI=1S/C20H18N2O3S/c1-21-20(23)17-9-13-19(14-10-17)26(24,25)22-18-11-7-16(8-12-18)15-5-3-2-4-6-15/h2-14,22H,1H3,(H,21,23). The van der Waals surface area contributed by atoms with Gasteiger partial charge in [0.1, 0.15) is 0 Å². The van der Waals surface area contributed by atoms with E-state index in [2.05, 4.69) is 10.0 Å². The maximum Gasteiger partial charge on any atom is 0.261 e. The highest BCUT2D eigenvalue weighted by molar-refractivity contribution is 7.92. The van der Waals surface area contributed by atoms with Crippen molar-refractivity contribution in [3.05, 3.63) is 84.4 Å². The smallest absolute Gasteiger partial charge is 0.261 e. The average Bonchev–Trinajstić information content (AvgIpc) is 2.68. The molecule has 0 bridgehead atoms. The Balaban J connectivity index is 1.78. The van der Waals surface area contributed by atoms with E-state index in [1.807, 2.05) is 42.5 Å². The predicted molar refractivity (Wildman–Crippen MR) is 103 cm³/mol. The molecule has 0 spiro atoms. The Kier molecular flexibility index (Phi) is 5.04. The van der Waals surface area contributed by atoms with Gasteiger partial charge in [-0.25, -0.2) is 8.42 Å². The quantitative estimate of drug-likeness (QED) is 0.725. The molecule has 0 aliphatic carbocycles. The summed E-state index contributed by atoms with van der Waals surface area (Å²) in [7, 11) is -2.20. The zero-order chi connectivity index (χ0) is 18.6. The Morgan fingerprint density at radius 2 is 1.35 bits per heavy atom. The number of rotatable bonds is 5. The van der Waals surface area contributed by atoms with Gasteiger partial charge in [0, 0.05) is 18.3 Å². The van der Waals surface area contributed by atoms with Crippen molar-refractivity contribution in [2.45, 2.75) is 4.90 Å². The van der Waals surface area contributed by atoms with Crippen LogP contribution in [0.15, 0.2) is 83.8 Å². The summed E-state index contributed by atoms with van der Waals surface area (Å²) >= 11 is 0. The first kappa shape index (κ1) is 17.7.